The number of amides is 1. The van der Waals surface area contributed by atoms with E-state index < -0.39 is 0 Å². The van der Waals surface area contributed by atoms with Gasteiger partial charge in [-0.25, -0.2) is 5.43 Å². The molecule has 1 heterocycles. The first-order valence-corrected chi connectivity index (χ1v) is 9.23. The van der Waals surface area contributed by atoms with E-state index in [-0.39, 0.29) is 5.91 Å². The number of hydrazone groups is 1. The van der Waals surface area contributed by atoms with Crippen molar-refractivity contribution in [2.75, 3.05) is 6.61 Å². The van der Waals surface area contributed by atoms with Crippen LogP contribution in [0, 0.1) is 0 Å². The molecule has 0 aliphatic heterocycles. The number of ether oxygens (including phenoxy) is 1. The third-order valence-corrected chi connectivity index (χ3v) is 4.34. The Morgan fingerprint density at radius 2 is 2.04 bits per heavy atom. The molecule has 1 amide bonds. The molecule has 0 radical (unpaired) electrons. The van der Waals surface area contributed by atoms with Gasteiger partial charge in [-0.3, -0.25) is 4.79 Å². The first-order valence-electron chi connectivity index (χ1n) is 8.35. The van der Waals surface area contributed by atoms with Gasteiger partial charge in [0, 0.05) is 4.88 Å². The average molecular weight is 344 g/mol. The molecular weight excluding hydrogens is 320 g/mol. The molecule has 0 atom stereocenters. The van der Waals surface area contributed by atoms with Gasteiger partial charge in [-0.1, -0.05) is 32.3 Å². The third-order valence-electron chi connectivity index (χ3n) is 3.46. The Hall–Kier alpha value is -2.14. The van der Waals surface area contributed by atoms with Crippen molar-refractivity contribution in [1.82, 2.24) is 5.43 Å². The number of carbonyl (C=O) groups excluding carboxylic acids is 1. The van der Waals surface area contributed by atoms with E-state index in [4.69, 9.17) is 4.74 Å². The summed E-state index contributed by atoms with van der Waals surface area (Å²) in [5, 5.41) is 5.94. The number of carbonyl (C=O) groups is 1. The molecule has 0 saturated heterocycles. The molecule has 1 aromatic carbocycles. The standard InChI is InChI=1S/C19H24N2O2S/c1-2-3-4-5-12-23-17-10-8-16(9-11-17)15-20-21-19(22)14-18-7-6-13-24-18/h6-11,13,15H,2-5,12,14H2,1H3,(H,21,22)/b20-15+. The van der Waals surface area contributed by atoms with Gasteiger partial charge in [0.25, 0.3) is 0 Å². The maximum atomic E-state index is 11.7. The van der Waals surface area contributed by atoms with E-state index in [1.165, 1.54) is 19.3 Å². The molecule has 0 fully saturated rings. The van der Waals surface area contributed by atoms with Crippen LogP contribution in [0.1, 0.15) is 43.0 Å². The van der Waals surface area contributed by atoms with E-state index >= 15 is 0 Å². The molecule has 24 heavy (non-hydrogen) atoms. The molecule has 2 rings (SSSR count). The zero-order chi connectivity index (χ0) is 17.0. The summed E-state index contributed by atoms with van der Waals surface area (Å²) in [5.41, 5.74) is 3.46. The predicted octanol–water partition coefficient (Wildman–Crippen LogP) is 4.40. The van der Waals surface area contributed by atoms with Crippen LogP contribution in [0.25, 0.3) is 0 Å². The fourth-order valence-corrected chi connectivity index (χ4v) is 2.86. The second kappa shape index (κ2) is 10.6. The molecule has 0 unspecified atom stereocenters. The normalized spacial score (nSPS) is 10.9. The highest BCUT2D eigenvalue weighted by Gasteiger charge is 2.02. The number of benzene rings is 1. The first kappa shape index (κ1) is 18.2. The van der Waals surface area contributed by atoms with Gasteiger partial charge in [0.15, 0.2) is 0 Å². The van der Waals surface area contributed by atoms with Crippen LogP contribution in [-0.2, 0) is 11.2 Å². The van der Waals surface area contributed by atoms with Crippen LogP contribution in [0.2, 0.25) is 0 Å². The molecule has 1 N–H and O–H groups in total. The second-order valence-corrected chi connectivity index (χ2v) is 6.56. The zero-order valence-electron chi connectivity index (χ0n) is 14.0. The van der Waals surface area contributed by atoms with Gasteiger partial charge in [0.2, 0.25) is 5.91 Å². The van der Waals surface area contributed by atoms with Crippen LogP contribution in [0.3, 0.4) is 0 Å². The number of thiophene rings is 1. The predicted molar refractivity (Wildman–Crippen MR) is 99.8 cm³/mol. The van der Waals surface area contributed by atoms with Crippen molar-refractivity contribution < 1.29 is 9.53 Å². The summed E-state index contributed by atoms with van der Waals surface area (Å²) in [5.74, 6) is 0.756. The lowest BCUT2D eigenvalue weighted by Crippen LogP contribution is -2.19. The molecule has 0 bridgehead atoms. The quantitative estimate of drug-likeness (QED) is 0.394. The minimum atomic E-state index is -0.110. The van der Waals surface area contributed by atoms with E-state index in [0.29, 0.717) is 6.42 Å². The largest absolute Gasteiger partial charge is 0.494 e. The van der Waals surface area contributed by atoms with Crippen molar-refractivity contribution in [2.45, 2.75) is 39.0 Å². The molecule has 128 valence electrons. The zero-order valence-corrected chi connectivity index (χ0v) is 14.8. The summed E-state index contributed by atoms with van der Waals surface area (Å²) in [6.45, 7) is 2.96. The summed E-state index contributed by atoms with van der Waals surface area (Å²) in [7, 11) is 0. The topological polar surface area (TPSA) is 50.7 Å². The Kier molecular flexibility index (Phi) is 8.04. The summed E-state index contributed by atoms with van der Waals surface area (Å²) in [6.07, 6.45) is 6.80. The summed E-state index contributed by atoms with van der Waals surface area (Å²) in [6, 6.07) is 11.6. The molecule has 0 aliphatic carbocycles. The van der Waals surface area contributed by atoms with Crippen LogP contribution in [0.4, 0.5) is 0 Å². The SMILES string of the molecule is CCCCCCOc1ccc(/C=N/NC(=O)Cc2cccs2)cc1. The summed E-state index contributed by atoms with van der Waals surface area (Å²) in [4.78, 5) is 12.7. The molecule has 0 spiro atoms. The average Bonchev–Trinajstić information content (AvgIpc) is 3.09. The highest BCUT2D eigenvalue weighted by molar-refractivity contribution is 7.10. The summed E-state index contributed by atoms with van der Waals surface area (Å²) < 4.78 is 5.70. The third kappa shape index (κ3) is 6.96. The van der Waals surface area contributed by atoms with Crippen LogP contribution in [0.5, 0.6) is 5.75 Å². The van der Waals surface area contributed by atoms with Crippen molar-refractivity contribution in [1.29, 1.82) is 0 Å². The minimum absolute atomic E-state index is 0.110. The van der Waals surface area contributed by atoms with E-state index in [1.54, 1.807) is 17.6 Å². The number of hydrogen-bond donors (Lipinski definition) is 1. The van der Waals surface area contributed by atoms with Crippen molar-refractivity contribution in [3.8, 4) is 5.75 Å². The fraction of sp³-hybridized carbons (Fsp3) is 0.368. The molecule has 5 heteroatoms. The molecule has 4 nitrogen and oxygen atoms in total. The van der Waals surface area contributed by atoms with Gasteiger partial charge in [0.1, 0.15) is 5.75 Å². The van der Waals surface area contributed by atoms with Crippen molar-refractivity contribution >= 4 is 23.5 Å². The molecular formula is C19H24N2O2S. The lowest BCUT2D eigenvalue weighted by Gasteiger charge is -2.05. The smallest absolute Gasteiger partial charge is 0.245 e. The maximum absolute atomic E-state index is 11.7. The van der Waals surface area contributed by atoms with E-state index in [9.17, 15) is 4.79 Å². The van der Waals surface area contributed by atoms with Gasteiger partial charge in [-0.2, -0.15) is 5.10 Å². The Labute approximate surface area is 147 Å². The van der Waals surface area contributed by atoms with Crippen molar-refractivity contribution in [2.24, 2.45) is 5.10 Å². The van der Waals surface area contributed by atoms with Gasteiger partial charge in [-0.15, -0.1) is 11.3 Å². The maximum Gasteiger partial charge on any atom is 0.245 e. The minimum Gasteiger partial charge on any atom is -0.494 e. The van der Waals surface area contributed by atoms with Gasteiger partial charge in [-0.05, 0) is 47.7 Å². The molecule has 1 aromatic heterocycles. The number of nitrogens with zero attached hydrogens (tertiary/aromatic N) is 1. The highest BCUT2D eigenvalue weighted by atomic mass is 32.1. The number of unbranched alkanes of at least 4 members (excludes halogenated alkanes) is 3. The van der Waals surface area contributed by atoms with Gasteiger partial charge in [0.05, 0.1) is 19.2 Å². The number of nitrogens with one attached hydrogen (secondary N) is 1. The highest BCUT2D eigenvalue weighted by Crippen LogP contribution is 2.12. The Morgan fingerprint density at radius 3 is 2.75 bits per heavy atom. The lowest BCUT2D eigenvalue weighted by molar-refractivity contribution is -0.120. The van der Waals surface area contributed by atoms with Crippen LogP contribution in [-0.4, -0.2) is 18.7 Å². The first-order chi connectivity index (χ1) is 11.8. The Morgan fingerprint density at radius 1 is 1.21 bits per heavy atom. The monoisotopic (exact) mass is 344 g/mol. The Balaban J connectivity index is 1.69. The lowest BCUT2D eigenvalue weighted by atomic mass is 10.2. The van der Waals surface area contributed by atoms with Gasteiger partial charge >= 0.3 is 0 Å². The van der Waals surface area contributed by atoms with Crippen molar-refractivity contribution in [3.05, 3.63) is 52.2 Å². The second-order valence-electron chi connectivity index (χ2n) is 5.53. The van der Waals surface area contributed by atoms with E-state index in [2.05, 4.69) is 17.5 Å². The van der Waals surface area contributed by atoms with Crippen LogP contribution in [0.15, 0.2) is 46.9 Å². The molecule has 2 aromatic rings. The fourth-order valence-electron chi connectivity index (χ4n) is 2.16. The van der Waals surface area contributed by atoms with Gasteiger partial charge < -0.3 is 4.74 Å². The van der Waals surface area contributed by atoms with Crippen LogP contribution < -0.4 is 10.2 Å². The summed E-state index contributed by atoms with van der Waals surface area (Å²) >= 11 is 1.57. The number of rotatable bonds is 10. The molecule has 0 saturated carbocycles. The number of hydrogen-bond acceptors (Lipinski definition) is 4. The van der Waals surface area contributed by atoms with Crippen molar-refractivity contribution in [3.63, 3.8) is 0 Å². The molecule has 0 aliphatic rings. The van der Waals surface area contributed by atoms with E-state index in [1.807, 2.05) is 41.8 Å². The van der Waals surface area contributed by atoms with E-state index in [0.717, 1.165) is 29.2 Å². The Bertz CT molecular complexity index is 621. The van der Waals surface area contributed by atoms with Crippen LogP contribution >= 0.6 is 11.3 Å².